The molecule has 0 N–H and O–H groups in total. The molecule has 3 rings (SSSR count). The van der Waals surface area contributed by atoms with Crippen LogP contribution >= 0.6 is 0 Å². The number of ether oxygens (including phenoxy) is 3. The Hall–Kier alpha value is -1.85. The van der Waals surface area contributed by atoms with Crippen LogP contribution in [0.25, 0.3) is 11.0 Å². The second kappa shape index (κ2) is 5.16. The molecule has 1 aliphatic heterocycles. The van der Waals surface area contributed by atoms with Crippen LogP contribution in [0.2, 0.25) is 0 Å². The molecule has 5 heteroatoms. The highest BCUT2D eigenvalue weighted by atomic mass is 16.7. The Balaban J connectivity index is 2.07. The van der Waals surface area contributed by atoms with Gasteiger partial charge in [-0.25, -0.2) is 0 Å². The standard InChI is InChI=1S/C16H18O5/c1-10-6-11(18-3)8-14-15(10)13(17)7-12(21-14)9-16(2)19-4-5-20-16/h6-8H,4-5,9H2,1-3H3. The number of aryl methyl sites for hydroxylation is 1. The van der Waals surface area contributed by atoms with E-state index in [4.69, 9.17) is 18.6 Å². The maximum Gasteiger partial charge on any atom is 0.193 e. The van der Waals surface area contributed by atoms with E-state index in [1.165, 1.54) is 6.07 Å². The van der Waals surface area contributed by atoms with Gasteiger partial charge in [0.05, 0.1) is 32.1 Å². The zero-order valence-corrected chi connectivity index (χ0v) is 12.4. The Kier molecular flexibility index (Phi) is 3.47. The molecule has 0 saturated carbocycles. The normalized spacial score (nSPS) is 17.3. The van der Waals surface area contributed by atoms with Crippen molar-refractivity contribution in [1.29, 1.82) is 0 Å². The quantitative estimate of drug-likeness (QED) is 0.869. The lowest BCUT2D eigenvalue weighted by Crippen LogP contribution is -2.28. The predicted octanol–water partition coefficient (Wildman–Crippen LogP) is 2.42. The SMILES string of the molecule is COc1cc(C)c2c(=O)cc(CC3(C)OCCO3)oc2c1. The Morgan fingerprint density at radius 1 is 1.24 bits per heavy atom. The van der Waals surface area contributed by atoms with Crippen LogP contribution in [0.3, 0.4) is 0 Å². The summed E-state index contributed by atoms with van der Waals surface area (Å²) in [7, 11) is 1.59. The van der Waals surface area contributed by atoms with Crippen LogP contribution in [-0.4, -0.2) is 26.1 Å². The van der Waals surface area contributed by atoms with Crippen LogP contribution in [0.1, 0.15) is 18.2 Å². The summed E-state index contributed by atoms with van der Waals surface area (Å²) in [5.74, 6) is 0.488. The molecule has 21 heavy (non-hydrogen) atoms. The van der Waals surface area contributed by atoms with Crippen molar-refractivity contribution < 1.29 is 18.6 Å². The lowest BCUT2D eigenvalue weighted by molar-refractivity contribution is -0.142. The second-order valence-corrected chi connectivity index (χ2v) is 5.40. The van der Waals surface area contributed by atoms with Gasteiger partial charge in [-0.2, -0.15) is 0 Å². The minimum atomic E-state index is -0.725. The lowest BCUT2D eigenvalue weighted by atomic mass is 10.1. The van der Waals surface area contributed by atoms with Crippen molar-refractivity contribution in [1.82, 2.24) is 0 Å². The minimum Gasteiger partial charge on any atom is -0.497 e. The van der Waals surface area contributed by atoms with Crippen molar-refractivity contribution in [2.24, 2.45) is 0 Å². The Morgan fingerprint density at radius 3 is 2.62 bits per heavy atom. The Labute approximate surface area is 122 Å². The van der Waals surface area contributed by atoms with Crippen LogP contribution in [0, 0.1) is 6.92 Å². The third-order valence-electron chi connectivity index (χ3n) is 3.68. The van der Waals surface area contributed by atoms with E-state index in [-0.39, 0.29) is 5.43 Å². The lowest BCUT2D eigenvalue weighted by Gasteiger charge is -2.21. The molecule has 0 amide bonds. The molecule has 0 unspecified atom stereocenters. The van der Waals surface area contributed by atoms with Crippen LogP contribution in [0.15, 0.2) is 27.4 Å². The summed E-state index contributed by atoms with van der Waals surface area (Å²) < 4.78 is 22.2. The maximum atomic E-state index is 12.3. The van der Waals surface area contributed by atoms with E-state index in [2.05, 4.69) is 0 Å². The fraction of sp³-hybridized carbons (Fsp3) is 0.438. The Bertz CT molecular complexity index is 725. The first-order valence-corrected chi connectivity index (χ1v) is 6.90. The van der Waals surface area contributed by atoms with Gasteiger partial charge in [0.25, 0.3) is 0 Å². The van der Waals surface area contributed by atoms with Gasteiger partial charge >= 0.3 is 0 Å². The van der Waals surface area contributed by atoms with E-state index in [1.807, 2.05) is 19.9 Å². The highest BCUT2D eigenvalue weighted by Gasteiger charge is 2.32. The molecule has 1 saturated heterocycles. The summed E-state index contributed by atoms with van der Waals surface area (Å²) in [6, 6.07) is 5.06. The van der Waals surface area contributed by atoms with Crippen molar-refractivity contribution in [2.75, 3.05) is 20.3 Å². The van der Waals surface area contributed by atoms with Gasteiger partial charge in [0.15, 0.2) is 11.2 Å². The molecule has 0 atom stereocenters. The van der Waals surface area contributed by atoms with Crippen LogP contribution in [0.5, 0.6) is 5.75 Å². The molecule has 1 aromatic heterocycles. The molecule has 2 aromatic rings. The second-order valence-electron chi connectivity index (χ2n) is 5.40. The average Bonchev–Trinajstić information content (AvgIpc) is 2.83. The Morgan fingerprint density at radius 2 is 1.95 bits per heavy atom. The van der Waals surface area contributed by atoms with E-state index < -0.39 is 5.79 Å². The molecule has 0 bridgehead atoms. The molecule has 1 fully saturated rings. The van der Waals surface area contributed by atoms with E-state index in [1.54, 1.807) is 13.2 Å². The highest BCUT2D eigenvalue weighted by Crippen LogP contribution is 2.27. The fourth-order valence-corrected chi connectivity index (χ4v) is 2.69. The molecular weight excluding hydrogens is 272 g/mol. The molecule has 0 aliphatic carbocycles. The summed E-state index contributed by atoms with van der Waals surface area (Å²) in [6.07, 6.45) is 0.397. The third-order valence-corrected chi connectivity index (χ3v) is 3.68. The average molecular weight is 290 g/mol. The number of benzene rings is 1. The number of hydrogen-bond donors (Lipinski definition) is 0. The van der Waals surface area contributed by atoms with E-state index in [9.17, 15) is 4.79 Å². The summed E-state index contributed by atoms with van der Waals surface area (Å²) in [5, 5.41) is 0.581. The van der Waals surface area contributed by atoms with Crippen molar-refractivity contribution in [3.05, 3.63) is 39.7 Å². The summed E-state index contributed by atoms with van der Waals surface area (Å²) >= 11 is 0. The minimum absolute atomic E-state index is 0.0620. The summed E-state index contributed by atoms with van der Waals surface area (Å²) in [5.41, 5.74) is 1.30. The van der Waals surface area contributed by atoms with Crippen molar-refractivity contribution in [3.8, 4) is 5.75 Å². The molecular formula is C16H18O5. The monoisotopic (exact) mass is 290 g/mol. The van der Waals surface area contributed by atoms with Gasteiger partial charge in [0.2, 0.25) is 0 Å². The topological polar surface area (TPSA) is 57.9 Å². The molecule has 2 heterocycles. The van der Waals surface area contributed by atoms with Gasteiger partial charge in [-0.05, 0) is 25.5 Å². The zero-order valence-electron chi connectivity index (χ0n) is 12.4. The predicted molar refractivity (Wildman–Crippen MR) is 77.8 cm³/mol. The first-order valence-electron chi connectivity index (χ1n) is 6.90. The van der Waals surface area contributed by atoms with Gasteiger partial charge < -0.3 is 18.6 Å². The number of fused-ring (bicyclic) bond motifs is 1. The van der Waals surface area contributed by atoms with Crippen LogP contribution in [0.4, 0.5) is 0 Å². The van der Waals surface area contributed by atoms with Crippen molar-refractivity contribution in [3.63, 3.8) is 0 Å². The van der Waals surface area contributed by atoms with Crippen LogP contribution in [-0.2, 0) is 15.9 Å². The van der Waals surface area contributed by atoms with E-state index >= 15 is 0 Å². The molecule has 1 aromatic carbocycles. The fourth-order valence-electron chi connectivity index (χ4n) is 2.69. The number of hydrogen-bond acceptors (Lipinski definition) is 5. The third kappa shape index (κ3) is 2.66. The van der Waals surface area contributed by atoms with Gasteiger partial charge in [-0.1, -0.05) is 0 Å². The molecule has 5 nitrogen and oxygen atoms in total. The van der Waals surface area contributed by atoms with E-state index in [0.29, 0.717) is 42.1 Å². The van der Waals surface area contributed by atoms with Gasteiger partial charge in [-0.3, -0.25) is 4.79 Å². The largest absolute Gasteiger partial charge is 0.497 e. The zero-order chi connectivity index (χ0) is 15.0. The van der Waals surface area contributed by atoms with E-state index in [0.717, 1.165) is 5.56 Å². The van der Waals surface area contributed by atoms with Gasteiger partial charge in [-0.15, -0.1) is 0 Å². The van der Waals surface area contributed by atoms with Crippen LogP contribution < -0.4 is 10.2 Å². The first-order chi connectivity index (χ1) is 10.0. The number of rotatable bonds is 3. The molecule has 0 spiro atoms. The summed E-state index contributed by atoms with van der Waals surface area (Å²) in [4.78, 5) is 12.3. The smallest absolute Gasteiger partial charge is 0.193 e. The maximum absolute atomic E-state index is 12.3. The molecule has 1 aliphatic rings. The highest BCUT2D eigenvalue weighted by molar-refractivity contribution is 5.81. The van der Waals surface area contributed by atoms with Crippen molar-refractivity contribution in [2.45, 2.75) is 26.1 Å². The molecule has 0 radical (unpaired) electrons. The first kappa shape index (κ1) is 14.1. The molecule has 112 valence electrons. The van der Waals surface area contributed by atoms with Crippen molar-refractivity contribution >= 4 is 11.0 Å². The number of methoxy groups -OCH3 is 1. The summed E-state index contributed by atoms with van der Waals surface area (Å²) in [6.45, 7) is 4.83. The van der Waals surface area contributed by atoms with Gasteiger partial charge in [0, 0.05) is 12.1 Å². The van der Waals surface area contributed by atoms with Gasteiger partial charge in [0.1, 0.15) is 17.1 Å².